The van der Waals surface area contributed by atoms with Crippen LogP contribution in [0.15, 0.2) is 43.7 Å². The van der Waals surface area contributed by atoms with Crippen molar-refractivity contribution >= 4 is 69.6 Å². The van der Waals surface area contributed by atoms with Crippen LogP contribution in [0.4, 0.5) is 0 Å². The van der Waals surface area contributed by atoms with Gasteiger partial charge in [-0.05, 0) is 66.3 Å². The van der Waals surface area contributed by atoms with Crippen molar-refractivity contribution in [3.63, 3.8) is 0 Å². The van der Waals surface area contributed by atoms with E-state index in [0.29, 0.717) is 13.1 Å². The van der Waals surface area contributed by atoms with Gasteiger partial charge in [0.2, 0.25) is 0 Å². The first-order valence-corrected chi connectivity index (χ1v) is 11.2. The molecule has 1 unspecified atom stereocenters. The Kier molecular flexibility index (Phi) is 6.83. The molecule has 26 heavy (non-hydrogen) atoms. The van der Waals surface area contributed by atoms with E-state index in [1.54, 1.807) is 0 Å². The highest BCUT2D eigenvalue weighted by molar-refractivity contribution is 9.11. The molecule has 0 aliphatic rings. The summed E-state index contributed by atoms with van der Waals surface area (Å²) in [5.74, 6) is 0. The van der Waals surface area contributed by atoms with E-state index in [-0.39, 0.29) is 0 Å². The highest BCUT2D eigenvalue weighted by Gasteiger charge is 2.17. The van der Waals surface area contributed by atoms with Crippen LogP contribution in [0.5, 0.6) is 0 Å². The number of unbranched alkanes of at least 4 members (excludes halogenated alkanes) is 1. The van der Waals surface area contributed by atoms with Crippen LogP contribution >= 0.6 is 47.8 Å². The lowest BCUT2D eigenvalue weighted by Crippen LogP contribution is -2.32. The summed E-state index contributed by atoms with van der Waals surface area (Å²) < 4.78 is 5.35. The largest absolute Gasteiger partial charge is 0.390 e. The van der Waals surface area contributed by atoms with Gasteiger partial charge in [0, 0.05) is 36.3 Å². The molecule has 0 aliphatic carbocycles. The highest BCUT2D eigenvalue weighted by Crippen LogP contribution is 2.37. The molecule has 1 N–H and O–H groups in total. The predicted molar refractivity (Wildman–Crippen MR) is 121 cm³/mol. The van der Waals surface area contributed by atoms with Gasteiger partial charge in [0.1, 0.15) is 0 Å². The Morgan fingerprint density at radius 3 is 2.54 bits per heavy atom. The number of hydrogen-bond acceptors (Lipinski definition) is 2. The van der Waals surface area contributed by atoms with Crippen molar-refractivity contribution in [1.29, 1.82) is 0 Å². The third-order valence-corrected chi connectivity index (χ3v) is 6.20. The van der Waals surface area contributed by atoms with Gasteiger partial charge in [-0.25, -0.2) is 0 Å². The molecule has 0 spiro atoms. The number of aliphatic hydroxyl groups excluding tert-OH is 1. The molecule has 140 valence electrons. The molecular formula is C20H23Br3N2O. The van der Waals surface area contributed by atoms with Crippen LogP contribution in [0.25, 0.3) is 21.8 Å². The Morgan fingerprint density at radius 2 is 1.81 bits per heavy atom. The zero-order valence-electron chi connectivity index (χ0n) is 15.0. The normalized spacial score (nSPS) is 13.2. The lowest BCUT2D eigenvalue weighted by Gasteiger charge is -2.21. The van der Waals surface area contributed by atoms with E-state index in [2.05, 4.69) is 102 Å². The quantitative estimate of drug-likeness (QED) is 0.383. The molecule has 6 heteroatoms. The minimum atomic E-state index is -0.421. The number of likely N-dealkylation sites (N-methyl/N-ethyl adjacent to an activating group) is 1. The van der Waals surface area contributed by atoms with Crippen molar-refractivity contribution in [1.82, 2.24) is 9.47 Å². The molecule has 2 aromatic carbocycles. The maximum absolute atomic E-state index is 10.7. The summed E-state index contributed by atoms with van der Waals surface area (Å²) in [6.07, 6.45) is 1.91. The number of aliphatic hydroxyl groups is 1. The molecule has 3 nitrogen and oxygen atoms in total. The van der Waals surface area contributed by atoms with E-state index in [4.69, 9.17) is 0 Å². The molecule has 3 rings (SSSR count). The second kappa shape index (κ2) is 8.74. The minimum Gasteiger partial charge on any atom is -0.390 e. The van der Waals surface area contributed by atoms with Crippen molar-refractivity contribution in [3.05, 3.63) is 43.7 Å². The van der Waals surface area contributed by atoms with Gasteiger partial charge in [-0.3, -0.25) is 0 Å². The first kappa shape index (κ1) is 20.3. The number of benzene rings is 2. The molecule has 0 amide bonds. The van der Waals surface area contributed by atoms with Crippen molar-refractivity contribution in [2.45, 2.75) is 32.4 Å². The Labute approximate surface area is 179 Å². The third kappa shape index (κ3) is 4.36. The molecule has 1 aromatic heterocycles. The monoisotopic (exact) mass is 544 g/mol. The average Bonchev–Trinajstić information content (AvgIpc) is 2.86. The average molecular weight is 547 g/mol. The van der Waals surface area contributed by atoms with Crippen LogP contribution in [0.1, 0.15) is 19.8 Å². The third-order valence-electron chi connectivity index (χ3n) is 4.65. The maximum Gasteiger partial charge on any atom is 0.0845 e. The zero-order valence-corrected chi connectivity index (χ0v) is 19.7. The van der Waals surface area contributed by atoms with E-state index >= 15 is 0 Å². The molecule has 0 aliphatic heterocycles. The van der Waals surface area contributed by atoms with Crippen molar-refractivity contribution in [3.8, 4) is 0 Å². The molecule has 3 aromatic rings. The van der Waals surface area contributed by atoms with Gasteiger partial charge < -0.3 is 14.6 Å². The fraction of sp³-hybridized carbons (Fsp3) is 0.400. The van der Waals surface area contributed by atoms with Crippen LogP contribution in [0.3, 0.4) is 0 Å². The van der Waals surface area contributed by atoms with Gasteiger partial charge in [-0.2, -0.15) is 0 Å². The maximum atomic E-state index is 10.7. The molecule has 0 radical (unpaired) electrons. The standard InChI is InChI=1S/C20H23Br3N2O/c1-3-4-7-24(2)11-15(26)12-25-19-6-5-13(21)8-16(19)17-9-14(22)10-18(23)20(17)25/h5-6,8-10,15,26H,3-4,7,11-12H2,1-2H3. The first-order valence-electron chi connectivity index (χ1n) is 8.83. The van der Waals surface area contributed by atoms with Gasteiger partial charge >= 0.3 is 0 Å². The topological polar surface area (TPSA) is 28.4 Å². The summed E-state index contributed by atoms with van der Waals surface area (Å²) in [5.41, 5.74) is 2.26. The van der Waals surface area contributed by atoms with Crippen molar-refractivity contribution in [2.24, 2.45) is 0 Å². The van der Waals surface area contributed by atoms with Crippen molar-refractivity contribution in [2.75, 3.05) is 20.1 Å². The Hall–Kier alpha value is -0.400. The molecule has 0 saturated carbocycles. The summed E-state index contributed by atoms with van der Waals surface area (Å²) in [5, 5.41) is 13.1. The summed E-state index contributed by atoms with van der Waals surface area (Å²) >= 11 is 10.9. The van der Waals surface area contributed by atoms with E-state index in [1.165, 1.54) is 17.2 Å². The van der Waals surface area contributed by atoms with Crippen LogP contribution in [0, 0.1) is 0 Å². The molecule has 1 atom stereocenters. The Bertz CT molecular complexity index is 922. The van der Waals surface area contributed by atoms with Gasteiger partial charge in [-0.1, -0.05) is 45.2 Å². The van der Waals surface area contributed by atoms with Gasteiger partial charge in [0.25, 0.3) is 0 Å². The molecule has 0 bridgehead atoms. The number of nitrogens with zero attached hydrogens (tertiary/aromatic N) is 2. The predicted octanol–water partition coefficient (Wildman–Crippen LogP) is 6.17. The molecule has 0 saturated heterocycles. The molecule has 1 heterocycles. The Balaban J connectivity index is 2.01. The van der Waals surface area contributed by atoms with E-state index in [9.17, 15) is 5.11 Å². The van der Waals surface area contributed by atoms with Crippen LogP contribution < -0.4 is 0 Å². The van der Waals surface area contributed by atoms with Crippen LogP contribution in [-0.2, 0) is 6.54 Å². The second-order valence-corrected chi connectivity index (χ2v) is 9.51. The van der Waals surface area contributed by atoms with Crippen LogP contribution in [-0.4, -0.2) is 40.8 Å². The fourth-order valence-electron chi connectivity index (χ4n) is 3.46. The van der Waals surface area contributed by atoms with E-state index < -0.39 is 6.10 Å². The van der Waals surface area contributed by atoms with Crippen LogP contribution in [0.2, 0.25) is 0 Å². The minimum absolute atomic E-state index is 0.421. The second-order valence-electron chi connectivity index (χ2n) is 6.83. The highest BCUT2D eigenvalue weighted by atomic mass is 79.9. The zero-order chi connectivity index (χ0) is 18.8. The number of aromatic nitrogens is 1. The summed E-state index contributed by atoms with van der Waals surface area (Å²) in [6.45, 7) is 4.45. The van der Waals surface area contributed by atoms with Gasteiger partial charge in [-0.15, -0.1) is 0 Å². The number of fused-ring (bicyclic) bond motifs is 3. The Morgan fingerprint density at radius 1 is 1.08 bits per heavy atom. The summed E-state index contributed by atoms with van der Waals surface area (Å²) in [7, 11) is 2.08. The summed E-state index contributed by atoms with van der Waals surface area (Å²) in [6, 6.07) is 10.5. The van der Waals surface area contributed by atoms with E-state index in [1.807, 2.05) is 0 Å². The first-order chi connectivity index (χ1) is 12.4. The fourth-order valence-corrected chi connectivity index (χ4v) is 5.26. The number of halogens is 3. The summed E-state index contributed by atoms with van der Waals surface area (Å²) in [4.78, 5) is 2.21. The molecule has 0 fully saturated rings. The smallest absolute Gasteiger partial charge is 0.0845 e. The lowest BCUT2D eigenvalue weighted by atomic mass is 10.2. The SMILES string of the molecule is CCCCN(C)CC(O)Cn1c2ccc(Br)cc2c2cc(Br)cc(Br)c21. The van der Waals surface area contributed by atoms with Crippen molar-refractivity contribution < 1.29 is 5.11 Å². The van der Waals surface area contributed by atoms with Gasteiger partial charge in [0.05, 0.1) is 18.2 Å². The lowest BCUT2D eigenvalue weighted by molar-refractivity contribution is 0.111. The number of rotatable bonds is 7. The number of hydrogen-bond donors (Lipinski definition) is 1. The van der Waals surface area contributed by atoms with E-state index in [0.717, 1.165) is 37.4 Å². The molecular weight excluding hydrogens is 524 g/mol. The van der Waals surface area contributed by atoms with Gasteiger partial charge in [0.15, 0.2) is 0 Å².